The van der Waals surface area contributed by atoms with Crippen molar-refractivity contribution in [3.63, 3.8) is 0 Å². The van der Waals surface area contributed by atoms with Crippen LogP contribution < -0.4 is 5.32 Å². The number of hydrogen-bond acceptors (Lipinski definition) is 7. The standard InChI is InChI=1S/C12H15N7S/c1-18(2)9(10-4-3-7-20-10)8-13-11-5-6-12-14-16-17-19(12)15-11/h3-7,9H,8H2,1-2H3,(H,13,15)/t9-/m0/s1. The Morgan fingerprint density at radius 1 is 1.35 bits per heavy atom. The number of rotatable bonds is 5. The number of likely N-dealkylation sites (N-methyl/N-ethyl adjacent to an activating group) is 1. The van der Waals surface area contributed by atoms with Crippen LogP contribution in [0.15, 0.2) is 29.6 Å². The topological polar surface area (TPSA) is 71.2 Å². The van der Waals surface area contributed by atoms with Crippen LogP contribution in [0.4, 0.5) is 5.82 Å². The van der Waals surface area contributed by atoms with E-state index in [2.05, 4.69) is 62.4 Å². The molecule has 3 aromatic rings. The van der Waals surface area contributed by atoms with Gasteiger partial charge in [-0.2, -0.15) is 0 Å². The lowest BCUT2D eigenvalue weighted by Crippen LogP contribution is -2.26. The van der Waals surface area contributed by atoms with E-state index in [1.54, 1.807) is 11.3 Å². The Morgan fingerprint density at radius 3 is 3.00 bits per heavy atom. The van der Waals surface area contributed by atoms with Crippen LogP contribution in [0.25, 0.3) is 5.65 Å². The summed E-state index contributed by atoms with van der Waals surface area (Å²) in [6, 6.07) is 8.25. The van der Waals surface area contributed by atoms with Gasteiger partial charge in [0.1, 0.15) is 5.82 Å². The van der Waals surface area contributed by atoms with Crippen LogP contribution in [-0.4, -0.2) is 50.8 Å². The molecule has 7 nitrogen and oxygen atoms in total. The quantitative estimate of drug-likeness (QED) is 0.763. The van der Waals surface area contributed by atoms with Crippen molar-refractivity contribution in [3.8, 4) is 0 Å². The van der Waals surface area contributed by atoms with Gasteiger partial charge in [-0.15, -0.1) is 26.2 Å². The molecule has 20 heavy (non-hydrogen) atoms. The van der Waals surface area contributed by atoms with Gasteiger partial charge < -0.3 is 10.2 Å². The first-order chi connectivity index (χ1) is 9.74. The molecule has 8 heteroatoms. The lowest BCUT2D eigenvalue weighted by molar-refractivity contribution is 0.316. The van der Waals surface area contributed by atoms with Crippen molar-refractivity contribution in [3.05, 3.63) is 34.5 Å². The number of tetrazole rings is 1. The first-order valence-corrected chi connectivity index (χ1v) is 7.11. The normalized spacial score (nSPS) is 12.9. The molecular formula is C12H15N7S. The van der Waals surface area contributed by atoms with Crippen LogP contribution in [0.1, 0.15) is 10.9 Å². The highest BCUT2D eigenvalue weighted by Crippen LogP contribution is 2.23. The highest BCUT2D eigenvalue weighted by atomic mass is 32.1. The molecule has 0 saturated heterocycles. The Kier molecular flexibility index (Phi) is 3.57. The molecule has 0 saturated carbocycles. The molecule has 0 bridgehead atoms. The fourth-order valence-corrected chi connectivity index (χ4v) is 2.89. The fraction of sp³-hybridized carbons (Fsp3) is 0.333. The molecule has 0 aromatic carbocycles. The third-order valence-electron chi connectivity index (χ3n) is 3.04. The van der Waals surface area contributed by atoms with Crippen LogP contribution in [0.5, 0.6) is 0 Å². The van der Waals surface area contributed by atoms with E-state index in [9.17, 15) is 0 Å². The molecule has 0 radical (unpaired) electrons. The van der Waals surface area contributed by atoms with Gasteiger partial charge in [-0.05, 0) is 48.1 Å². The molecule has 0 spiro atoms. The van der Waals surface area contributed by atoms with Gasteiger partial charge >= 0.3 is 0 Å². The van der Waals surface area contributed by atoms with E-state index >= 15 is 0 Å². The summed E-state index contributed by atoms with van der Waals surface area (Å²) in [7, 11) is 4.15. The second kappa shape index (κ2) is 5.51. The Balaban J connectivity index is 1.73. The molecule has 0 aliphatic rings. The summed E-state index contributed by atoms with van der Waals surface area (Å²) in [4.78, 5) is 3.51. The molecule has 3 rings (SSSR count). The van der Waals surface area contributed by atoms with E-state index < -0.39 is 0 Å². The van der Waals surface area contributed by atoms with Gasteiger partial charge in [-0.25, -0.2) is 0 Å². The van der Waals surface area contributed by atoms with E-state index in [4.69, 9.17) is 0 Å². The van der Waals surface area contributed by atoms with Gasteiger partial charge in [0.05, 0.1) is 6.04 Å². The van der Waals surface area contributed by atoms with E-state index in [1.165, 1.54) is 9.51 Å². The maximum absolute atomic E-state index is 4.30. The predicted octanol–water partition coefficient (Wildman–Crippen LogP) is 1.30. The molecular weight excluding hydrogens is 274 g/mol. The van der Waals surface area contributed by atoms with Crippen molar-refractivity contribution >= 4 is 22.8 Å². The molecule has 0 fully saturated rings. The lowest BCUT2D eigenvalue weighted by Gasteiger charge is -2.23. The molecule has 104 valence electrons. The van der Waals surface area contributed by atoms with Crippen molar-refractivity contribution in [1.29, 1.82) is 0 Å². The van der Waals surface area contributed by atoms with Crippen molar-refractivity contribution < 1.29 is 0 Å². The minimum absolute atomic E-state index is 0.307. The summed E-state index contributed by atoms with van der Waals surface area (Å²) in [5.74, 6) is 0.758. The minimum Gasteiger partial charge on any atom is -0.367 e. The molecule has 1 atom stereocenters. The largest absolute Gasteiger partial charge is 0.367 e. The van der Waals surface area contributed by atoms with E-state index in [0.29, 0.717) is 11.7 Å². The summed E-state index contributed by atoms with van der Waals surface area (Å²) in [5.41, 5.74) is 0.637. The zero-order valence-electron chi connectivity index (χ0n) is 11.3. The van der Waals surface area contributed by atoms with Crippen LogP contribution in [-0.2, 0) is 0 Å². The average Bonchev–Trinajstić information content (AvgIpc) is 3.08. The molecule has 0 aliphatic carbocycles. The lowest BCUT2D eigenvalue weighted by atomic mass is 10.2. The zero-order chi connectivity index (χ0) is 13.9. The predicted molar refractivity (Wildman–Crippen MR) is 77.8 cm³/mol. The Labute approximate surface area is 120 Å². The Bertz CT molecular complexity index is 676. The third-order valence-corrected chi connectivity index (χ3v) is 4.01. The number of fused-ring (bicyclic) bond motifs is 1. The fourth-order valence-electron chi connectivity index (χ4n) is 1.96. The molecule has 0 amide bonds. The van der Waals surface area contributed by atoms with Crippen molar-refractivity contribution in [2.24, 2.45) is 0 Å². The molecule has 1 N–H and O–H groups in total. The second-order valence-corrected chi connectivity index (χ2v) is 5.60. The Morgan fingerprint density at radius 2 is 2.25 bits per heavy atom. The van der Waals surface area contributed by atoms with Crippen LogP contribution in [0, 0.1) is 0 Å². The summed E-state index contributed by atoms with van der Waals surface area (Å²) in [6.07, 6.45) is 0. The number of thiophene rings is 1. The zero-order valence-corrected chi connectivity index (χ0v) is 12.1. The van der Waals surface area contributed by atoms with Gasteiger partial charge in [0.2, 0.25) is 0 Å². The second-order valence-electron chi connectivity index (χ2n) is 4.62. The highest BCUT2D eigenvalue weighted by Gasteiger charge is 2.15. The maximum Gasteiger partial charge on any atom is 0.200 e. The summed E-state index contributed by atoms with van der Waals surface area (Å²) in [5, 5.41) is 20.9. The van der Waals surface area contributed by atoms with Gasteiger partial charge in [0.15, 0.2) is 5.65 Å². The number of nitrogens with zero attached hydrogens (tertiary/aromatic N) is 6. The summed E-state index contributed by atoms with van der Waals surface area (Å²) >= 11 is 1.76. The first-order valence-electron chi connectivity index (χ1n) is 6.23. The van der Waals surface area contributed by atoms with Crippen LogP contribution >= 0.6 is 11.3 Å². The van der Waals surface area contributed by atoms with Crippen molar-refractivity contribution in [2.45, 2.75) is 6.04 Å². The minimum atomic E-state index is 0.307. The van der Waals surface area contributed by atoms with Crippen molar-refractivity contribution in [2.75, 3.05) is 26.0 Å². The van der Waals surface area contributed by atoms with E-state index in [0.717, 1.165) is 12.4 Å². The molecule has 0 aliphatic heterocycles. The summed E-state index contributed by atoms with van der Waals surface area (Å²) in [6.45, 7) is 0.772. The van der Waals surface area contributed by atoms with Gasteiger partial charge in [0.25, 0.3) is 0 Å². The van der Waals surface area contributed by atoms with Crippen molar-refractivity contribution in [1.82, 2.24) is 30.2 Å². The summed E-state index contributed by atoms with van der Waals surface area (Å²) < 4.78 is 1.41. The highest BCUT2D eigenvalue weighted by molar-refractivity contribution is 7.10. The molecule has 3 aromatic heterocycles. The smallest absolute Gasteiger partial charge is 0.200 e. The maximum atomic E-state index is 4.30. The number of nitrogens with one attached hydrogen (secondary N) is 1. The molecule has 0 unspecified atom stereocenters. The Hall–Kier alpha value is -2.06. The number of hydrogen-bond donors (Lipinski definition) is 1. The number of anilines is 1. The van der Waals surface area contributed by atoms with Gasteiger partial charge in [-0.3, -0.25) is 0 Å². The monoisotopic (exact) mass is 289 g/mol. The first kappa shape index (κ1) is 12.9. The van der Waals surface area contributed by atoms with E-state index in [1.807, 2.05) is 12.1 Å². The SMILES string of the molecule is CN(C)[C@@H](CNc1ccc2nnnn2n1)c1cccs1. The van der Waals surface area contributed by atoms with Gasteiger partial charge in [-0.1, -0.05) is 6.07 Å². The van der Waals surface area contributed by atoms with Crippen LogP contribution in [0.2, 0.25) is 0 Å². The van der Waals surface area contributed by atoms with Crippen LogP contribution in [0.3, 0.4) is 0 Å². The average molecular weight is 289 g/mol. The number of aromatic nitrogens is 5. The van der Waals surface area contributed by atoms with Gasteiger partial charge in [0, 0.05) is 11.4 Å². The third kappa shape index (κ3) is 2.61. The molecule has 3 heterocycles. The van der Waals surface area contributed by atoms with E-state index in [-0.39, 0.29) is 0 Å².